The van der Waals surface area contributed by atoms with Crippen molar-refractivity contribution < 1.29 is 9.63 Å². The number of nitrogens with zero attached hydrogens (tertiary/aromatic N) is 1. The van der Waals surface area contributed by atoms with Crippen molar-refractivity contribution in [1.29, 1.82) is 0 Å². The Balaban J connectivity index is 2.85. The van der Waals surface area contributed by atoms with Gasteiger partial charge in [0.2, 0.25) is 5.91 Å². The molecule has 0 saturated heterocycles. The van der Waals surface area contributed by atoms with Crippen LogP contribution in [0.4, 0.5) is 0 Å². The monoisotopic (exact) mass is 247 g/mol. The van der Waals surface area contributed by atoms with Crippen LogP contribution in [0.5, 0.6) is 0 Å². The van der Waals surface area contributed by atoms with Gasteiger partial charge >= 0.3 is 0 Å². The van der Waals surface area contributed by atoms with E-state index < -0.39 is 0 Å². The SMILES string of the molecule is CON(C)C(=O)Cc1c(Cl)cccc1Cl. The van der Waals surface area contributed by atoms with Gasteiger partial charge in [-0.25, -0.2) is 5.06 Å². The number of hydrogen-bond acceptors (Lipinski definition) is 2. The van der Waals surface area contributed by atoms with Crippen LogP contribution < -0.4 is 0 Å². The van der Waals surface area contributed by atoms with E-state index in [2.05, 4.69) is 0 Å². The number of hydroxylamine groups is 2. The van der Waals surface area contributed by atoms with E-state index in [-0.39, 0.29) is 12.3 Å². The van der Waals surface area contributed by atoms with Crippen LogP contribution in [0, 0.1) is 0 Å². The minimum Gasteiger partial charge on any atom is -0.275 e. The number of rotatable bonds is 3. The highest BCUT2D eigenvalue weighted by Gasteiger charge is 2.13. The Kier molecular flexibility index (Phi) is 4.39. The number of benzene rings is 1. The summed E-state index contributed by atoms with van der Waals surface area (Å²) < 4.78 is 0. The second-order valence-electron chi connectivity index (χ2n) is 2.95. The summed E-state index contributed by atoms with van der Waals surface area (Å²) in [6.07, 6.45) is 0.128. The van der Waals surface area contributed by atoms with Gasteiger partial charge in [-0.05, 0) is 17.7 Å². The second kappa shape index (κ2) is 5.35. The number of likely N-dealkylation sites (N-methyl/N-ethyl adjacent to an activating group) is 1. The predicted molar refractivity (Wildman–Crippen MR) is 59.9 cm³/mol. The van der Waals surface area contributed by atoms with Gasteiger partial charge in [-0.15, -0.1) is 0 Å². The molecule has 0 bridgehead atoms. The normalized spacial score (nSPS) is 10.1. The average molecular weight is 248 g/mol. The zero-order valence-electron chi connectivity index (χ0n) is 8.46. The molecule has 0 saturated carbocycles. The fraction of sp³-hybridized carbons (Fsp3) is 0.300. The van der Waals surface area contributed by atoms with Crippen LogP contribution >= 0.6 is 23.2 Å². The van der Waals surface area contributed by atoms with E-state index in [1.165, 1.54) is 14.2 Å². The number of hydrogen-bond donors (Lipinski definition) is 0. The summed E-state index contributed by atoms with van der Waals surface area (Å²) in [5.74, 6) is -0.201. The molecule has 0 atom stereocenters. The highest BCUT2D eigenvalue weighted by atomic mass is 35.5. The van der Waals surface area contributed by atoms with Crippen LogP contribution in [0.1, 0.15) is 5.56 Å². The molecule has 0 radical (unpaired) electrons. The molecule has 3 nitrogen and oxygen atoms in total. The Bertz CT molecular complexity index is 348. The third kappa shape index (κ3) is 3.09. The first-order chi connectivity index (χ1) is 7.06. The fourth-order valence-electron chi connectivity index (χ4n) is 1.07. The van der Waals surface area contributed by atoms with Crippen molar-refractivity contribution >= 4 is 29.1 Å². The third-order valence-corrected chi connectivity index (χ3v) is 2.72. The highest BCUT2D eigenvalue weighted by molar-refractivity contribution is 6.36. The van der Waals surface area contributed by atoms with Crippen molar-refractivity contribution in [1.82, 2.24) is 5.06 Å². The lowest BCUT2D eigenvalue weighted by atomic mass is 10.1. The van der Waals surface area contributed by atoms with Crippen LogP contribution in [0.2, 0.25) is 10.0 Å². The zero-order chi connectivity index (χ0) is 11.4. The molecule has 0 aliphatic carbocycles. The Morgan fingerprint density at radius 2 is 1.93 bits per heavy atom. The zero-order valence-corrected chi connectivity index (χ0v) is 9.97. The van der Waals surface area contributed by atoms with Gasteiger partial charge in [-0.3, -0.25) is 9.63 Å². The van der Waals surface area contributed by atoms with Gasteiger partial charge in [0, 0.05) is 17.1 Å². The largest absolute Gasteiger partial charge is 0.275 e. The number of amides is 1. The summed E-state index contributed by atoms with van der Waals surface area (Å²) in [6.45, 7) is 0. The maximum absolute atomic E-state index is 11.5. The molecule has 5 heteroatoms. The lowest BCUT2D eigenvalue weighted by molar-refractivity contribution is -0.167. The number of carbonyl (C=O) groups excluding carboxylic acids is 1. The van der Waals surface area contributed by atoms with Gasteiger partial charge in [-0.2, -0.15) is 0 Å². The van der Waals surface area contributed by atoms with E-state index in [1.807, 2.05) is 0 Å². The molecule has 0 fully saturated rings. The summed E-state index contributed by atoms with van der Waals surface area (Å²) in [4.78, 5) is 16.3. The van der Waals surface area contributed by atoms with E-state index in [0.29, 0.717) is 15.6 Å². The predicted octanol–water partition coefficient (Wildman–Crippen LogP) is 2.56. The lowest BCUT2D eigenvalue weighted by Gasteiger charge is -2.14. The number of halogens is 2. The quantitative estimate of drug-likeness (QED) is 0.769. The number of carbonyl (C=O) groups is 1. The molecule has 0 N–H and O–H groups in total. The van der Waals surface area contributed by atoms with Crippen LogP contribution in [0.3, 0.4) is 0 Å². The van der Waals surface area contributed by atoms with Gasteiger partial charge in [-0.1, -0.05) is 29.3 Å². The van der Waals surface area contributed by atoms with E-state index in [4.69, 9.17) is 28.0 Å². The molecular weight excluding hydrogens is 237 g/mol. The van der Waals surface area contributed by atoms with Crippen molar-refractivity contribution in [3.05, 3.63) is 33.8 Å². The fourth-order valence-corrected chi connectivity index (χ4v) is 1.60. The van der Waals surface area contributed by atoms with Crippen molar-refractivity contribution in [3.8, 4) is 0 Å². The molecular formula is C10H11Cl2NO2. The Morgan fingerprint density at radius 1 is 1.40 bits per heavy atom. The van der Waals surface area contributed by atoms with Gasteiger partial charge in [0.25, 0.3) is 0 Å². The molecule has 15 heavy (non-hydrogen) atoms. The minimum atomic E-state index is -0.201. The standard InChI is InChI=1S/C10H11Cl2NO2/c1-13(15-2)10(14)6-7-8(11)4-3-5-9(7)12/h3-5H,6H2,1-2H3. The summed E-state index contributed by atoms with van der Waals surface area (Å²) >= 11 is 11.9. The first-order valence-electron chi connectivity index (χ1n) is 4.29. The summed E-state index contributed by atoms with van der Waals surface area (Å²) in [5.41, 5.74) is 0.620. The Labute approximate surface area is 98.5 Å². The van der Waals surface area contributed by atoms with Crippen LogP contribution in [-0.4, -0.2) is 25.1 Å². The molecule has 0 unspecified atom stereocenters. The molecule has 0 spiro atoms. The summed E-state index contributed by atoms with van der Waals surface area (Å²) in [7, 11) is 2.96. The molecule has 0 aliphatic rings. The van der Waals surface area contributed by atoms with Crippen molar-refractivity contribution in [2.75, 3.05) is 14.2 Å². The molecule has 1 aromatic carbocycles. The minimum absolute atomic E-state index is 0.128. The molecule has 1 rings (SSSR count). The van der Waals surface area contributed by atoms with Gasteiger partial charge < -0.3 is 0 Å². The van der Waals surface area contributed by atoms with E-state index in [0.717, 1.165) is 5.06 Å². The third-order valence-electron chi connectivity index (χ3n) is 2.01. The molecule has 1 aromatic rings. The van der Waals surface area contributed by atoms with Gasteiger partial charge in [0.05, 0.1) is 13.5 Å². The highest BCUT2D eigenvalue weighted by Crippen LogP contribution is 2.24. The van der Waals surface area contributed by atoms with E-state index in [9.17, 15) is 4.79 Å². The van der Waals surface area contributed by atoms with Crippen molar-refractivity contribution in [2.45, 2.75) is 6.42 Å². The first-order valence-corrected chi connectivity index (χ1v) is 5.05. The van der Waals surface area contributed by atoms with Crippen LogP contribution in [0.25, 0.3) is 0 Å². The lowest BCUT2D eigenvalue weighted by Crippen LogP contribution is -2.27. The van der Waals surface area contributed by atoms with E-state index >= 15 is 0 Å². The molecule has 0 heterocycles. The maximum atomic E-state index is 11.5. The molecule has 0 aromatic heterocycles. The molecule has 1 amide bonds. The van der Waals surface area contributed by atoms with Crippen molar-refractivity contribution in [2.24, 2.45) is 0 Å². The topological polar surface area (TPSA) is 29.5 Å². The van der Waals surface area contributed by atoms with E-state index in [1.54, 1.807) is 18.2 Å². The van der Waals surface area contributed by atoms with Gasteiger partial charge in [0.1, 0.15) is 0 Å². The average Bonchev–Trinajstić information content (AvgIpc) is 2.22. The molecule has 0 aliphatic heterocycles. The smallest absolute Gasteiger partial charge is 0.250 e. The maximum Gasteiger partial charge on any atom is 0.250 e. The second-order valence-corrected chi connectivity index (χ2v) is 3.77. The van der Waals surface area contributed by atoms with Gasteiger partial charge in [0.15, 0.2) is 0 Å². The Morgan fingerprint density at radius 3 is 2.40 bits per heavy atom. The first kappa shape index (κ1) is 12.3. The van der Waals surface area contributed by atoms with Crippen LogP contribution in [-0.2, 0) is 16.1 Å². The Hall–Kier alpha value is -0.770. The summed E-state index contributed by atoms with van der Waals surface area (Å²) in [6, 6.07) is 5.13. The molecule has 82 valence electrons. The van der Waals surface area contributed by atoms with Crippen LogP contribution in [0.15, 0.2) is 18.2 Å². The van der Waals surface area contributed by atoms with Crippen molar-refractivity contribution in [3.63, 3.8) is 0 Å². The summed E-state index contributed by atoms with van der Waals surface area (Å²) in [5, 5.41) is 2.11.